The van der Waals surface area contributed by atoms with Crippen molar-refractivity contribution in [2.24, 2.45) is 0 Å². The normalized spacial score (nSPS) is 13.5. The van der Waals surface area contributed by atoms with Gasteiger partial charge in [0.2, 0.25) is 0 Å². The smallest absolute Gasteiger partial charge is 0.328 e. The summed E-state index contributed by atoms with van der Waals surface area (Å²) in [6.45, 7) is 0. The molecule has 0 aromatic carbocycles. The number of nitrogens with one attached hydrogen (secondary N) is 1. The fourth-order valence-electron chi connectivity index (χ4n) is 0.487. The first-order chi connectivity index (χ1) is 7.02. The lowest BCUT2D eigenvalue weighted by Gasteiger charge is -2.03. The molecule has 0 radical (unpaired) electrons. The summed E-state index contributed by atoms with van der Waals surface area (Å²) in [6.07, 6.45) is 4.64. The number of hydroxylamine groups is 1. The van der Waals surface area contributed by atoms with E-state index in [1.165, 1.54) is 6.26 Å². The van der Waals surface area contributed by atoms with Crippen LogP contribution in [-0.2, 0) is 19.2 Å². The van der Waals surface area contributed by atoms with Crippen LogP contribution in [0.2, 0.25) is 0 Å². The highest BCUT2D eigenvalue weighted by atomic mass is 16.6. The molecule has 1 aliphatic heterocycles. The van der Waals surface area contributed by atoms with Crippen LogP contribution in [0.3, 0.4) is 0 Å². The van der Waals surface area contributed by atoms with Gasteiger partial charge in [0.25, 0.3) is 5.91 Å². The summed E-state index contributed by atoms with van der Waals surface area (Å²) in [7, 11) is 0. The van der Waals surface area contributed by atoms with Crippen LogP contribution in [-0.4, -0.2) is 28.1 Å². The summed E-state index contributed by atoms with van der Waals surface area (Å²) in [5.74, 6) is -2.61. The number of carboxylic acid groups (broad SMARTS) is 2. The van der Waals surface area contributed by atoms with Gasteiger partial charge in [-0.1, -0.05) is 0 Å². The maximum Gasteiger partial charge on any atom is 0.328 e. The van der Waals surface area contributed by atoms with Gasteiger partial charge in [0.1, 0.15) is 6.26 Å². The van der Waals surface area contributed by atoms with E-state index in [-0.39, 0.29) is 5.91 Å². The number of amides is 1. The van der Waals surface area contributed by atoms with Gasteiger partial charge in [-0.15, -0.1) is 0 Å². The van der Waals surface area contributed by atoms with E-state index in [1.54, 1.807) is 6.08 Å². The van der Waals surface area contributed by atoms with Gasteiger partial charge in [-0.05, 0) is 6.08 Å². The van der Waals surface area contributed by atoms with E-state index in [0.29, 0.717) is 18.6 Å². The molecule has 0 aromatic heterocycles. The summed E-state index contributed by atoms with van der Waals surface area (Å²) in [6, 6.07) is 0. The monoisotopic (exact) mass is 215 g/mol. The Morgan fingerprint density at radius 3 is 2.07 bits per heavy atom. The van der Waals surface area contributed by atoms with E-state index < -0.39 is 11.9 Å². The average Bonchev–Trinajstić information content (AvgIpc) is 2.17. The zero-order valence-corrected chi connectivity index (χ0v) is 7.54. The second-order valence-electron chi connectivity index (χ2n) is 2.23. The molecule has 0 aliphatic carbocycles. The lowest BCUT2D eigenvalue weighted by molar-refractivity contribution is -0.134. The van der Waals surface area contributed by atoms with E-state index >= 15 is 0 Å². The Kier molecular flexibility index (Phi) is 6.03. The van der Waals surface area contributed by atoms with Crippen molar-refractivity contribution in [3.8, 4) is 0 Å². The molecule has 1 heterocycles. The van der Waals surface area contributed by atoms with Gasteiger partial charge in [0, 0.05) is 12.2 Å². The zero-order chi connectivity index (χ0) is 11.7. The first kappa shape index (κ1) is 12.7. The first-order valence-corrected chi connectivity index (χ1v) is 3.76. The van der Waals surface area contributed by atoms with E-state index in [9.17, 15) is 14.4 Å². The Labute approximate surface area is 84.6 Å². The molecule has 7 heteroatoms. The van der Waals surface area contributed by atoms with Crippen LogP contribution >= 0.6 is 0 Å². The molecule has 7 nitrogen and oxygen atoms in total. The number of carbonyl (C=O) groups excluding carboxylic acids is 1. The van der Waals surface area contributed by atoms with Crippen molar-refractivity contribution >= 4 is 17.8 Å². The van der Waals surface area contributed by atoms with Crippen LogP contribution in [0.5, 0.6) is 0 Å². The average molecular weight is 215 g/mol. The van der Waals surface area contributed by atoms with E-state index in [2.05, 4.69) is 10.3 Å². The van der Waals surface area contributed by atoms with Gasteiger partial charge in [-0.3, -0.25) is 4.79 Å². The highest BCUT2D eigenvalue weighted by Gasteiger charge is 1.98. The number of rotatable bonds is 2. The highest BCUT2D eigenvalue weighted by molar-refractivity contribution is 5.89. The van der Waals surface area contributed by atoms with E-state index in [4.69, 9.17) is 10.2 Å². The molecule has 0 fully saturated rings. The summed E-state index contributed by atoms with van der Waals surface area (Å²) in [5, 5.41) is 15.6. The number of carboxylic acids is 2. The number of carbonyl (C=O) groups is 3. The minimum absolute atomic E-state index is 0.0949. The fraction of sp³-hybridized carbons (Fsp3) is 0.125. The second kappa shape index (κ2) is 7.13. The number of hydrogen-bond donors (Lipinski definition) is 3. The van der Waals surface area contributed by atoms with Crippen LogP contribution in [0, 0.1) is 0 Å². The Morgan fingerprint density at radius 2 is 1.87 bits per heavy atom. The predicted molar refractivity (Wildman–Crippen MR) is 47.4 cm³/mol. The van der Waals surface area contributed by atoms with Crippen molar-refractivity contribution < 1.29 is 29.4 Å². The molecule has 1 rings (SSSR count). The molecule has 0 unspecified atom stereocenters. The molecule has 0 aromatic rings. The summed E-state index contributed by atoms with van der Waals surface area (Å²) in [4.78, 5) is 33.7. The lowest BCUT2D eigenvalue weighted by Crippen LogP contribution is -2.22. The standard InChI is InChI=1S/C4H5NO2.C4H4O4/c6-4-2-1-3-7-5-4;5-3(6)1-2-4(7)8/h1,3H,2H2,(H,5,6);1-2H,(H,5,6)(H,7,8). The predicted octanol–water partition coefficient (Wildman–Crippen LogP) is -0.337. The SMILES string of the molecule is O=C(O)C=CC(=O)O.O=C1CC=CON1. The molecule has 1 aliphatic rings. The molecular weight excluding hydrogens is 206 g/mol. The third kappa shape index (κ3) is 9.61. The lowest BCUT2D eigenvalue weighted by atomic mass is 10.4. The molecule has 0 saturated heterocycles. The molecule has 1 amide bonds. The van der Waals surface area contributed by atoms with Gasteiger partial charge in [-0.2, -0.15) is 5.48 Å². The van der Waals surface area contributed by atoms with Crippen LogP contribution in [0.15, 0.2) is 24.5 Å². The Balaban J connectivity index is 0.000000262. The van der Waals surface area contributed by atoms with Crippen molar-refractivity contribution in [3.05, 3.63) is 24.5 Å². The van der Waals surface area contributed by atoms with Gasteiger partial charge in [-0.25, -0.2) is 9.59 Å². The zero-order valence-electron chi connectivity index (χ0n) is 7.54. The molecule has 0 spiro atoms. The van der Waals surface area contributed by atoms with E-state index in [0.717, 1.165) is 0 Å². The largest absolute Gasteiger partial charge is 0.478 e. The van der Waals surface area contributed by atoms with Crippen LogP contribution in [0.25, 0.3) is 0 Å². The first-order valence-electron chi connectivity index (χ1n) is 3.76. The third-order valence-corrected chi connectivity index (χ3v) is 1.01. The maximum atomic E-state index is 10.2. The summed E-state index contributed by atoms with van der Waals surface area (Å²) < 4.78 is 0. The fourth-order valence-corrected chi connectivity index (χ4v) is 0.487. The van der Waals surface area contributed by atoms with Crippen molar-refractivity contribution in [1.29, 1.82) is 0 Å². The van der Waals surface area contributed by atoms with Crippen molar-refractivity contribution in [2.45, 2.75) is 6.42 Å². The Morgan fingerprint density at radius 1 is 1.33 bits per heavy atom. The highest BCUT2D eigenvalue weighted by Crippen LogP contribution is 1.88. The molecular formula is C8H9NO6. The molecule has 0 saturated carbocycles. The van der Waals surface area contributed by atoms with E-state index in [1.807, 2.05) is 0 Å². The Bertz CT molecular complexity index is 290. The molecule has 15 heavy (non-hydrogen) atoms. The Hall–Kier alpha value is -2.31. The number of aliphatic carboxylic acids is 2. The molecule has 0 atom stereocenters. The number of hydrogen-bond acceptors (Lipinski definition) is 4. The van der Waals surface area contributed by atoms with Crippen LogP contribution < -0.4 is 5.48 Å². The third-order valence-electron chi connectivity index (χ3n) is 1.01. The van der Waals surface area contributed by atoms with Gasteiger partial charge in [0.15, 0.2) is 0 Å². The molecule has 82 valence electrons. The molecule has 0 bridgehead atoms. The topological polar surface area (TPSA) is 113 Å². The second-order valence-corrected chi connectivity index (χ2v) is 2.23. The van der Waals surface area contributed by atoms with Crippen molar-refractivity contribution in [2.75, 3.05) is 0 Å². The quantitative estimate of drug-likeness (QED) is 0.543. The van der Waals surface area contributed by atoms with Gasteiger partial charge in [0.05, 0.1) is 6.42 Å². The van der Waals surface area contributed by atoms with Crippen LogP contribution in [0.4, 0.5) is 0 Å². The van der Waals surface area contributed by atoms with Crippen molar-refractivity contribution in [3.63, 3.8) is 0 Å². The van der Waals surface area contributed by atoms with Crippen molar-refractivity contribution in [1.82, 2.24) is 5.48 Å². The maximum absolute atomic E-state index is 10.2. The van der Waals surface area contributed by atoms with Gasteiger partial charge < -0.3 is 15.1 Å². The minimum Gasteiger partial charge on any atom is -0.478 e. The molecule has 3 N–H and O–H groups in total. The summed E-state index contributed by atoms with van der Waals surface area (Å²) >= 11 is 0. The summed E-state index contributed by atoms with van der Waals surface area (Å²) in [5.41, 5.74) is 2.16. The van der Waals surface area contributed by atoms with Crippen LogP contribution in [0.1, 0.15) is 6.42 Å². The minimum atomic E-state index is -1.26. The van der Waals surface area contributed by atoms with Gasteiger partial charge >= 0.3 is 11.9 Å².